The Kier molecular flexibility index (Phi) is 5.75. The Hall–Kier alpha value is -3.63. The molecule has 0 saturated heterocycles. The van der Waals surface area contributed by atoms with Crippen molar-refractivity contribution < 1.29 is 7.87 Å². The van der Waals surface area contributed by atoms with E-state index in [4.69, 9.17) is 3.07 Å². The number of hydrogen-bond donors (Lipinski definition) is 0. The first-order chi connectivity index (χ1) is 17.3. The molecule has 0 aromatic heterocycles. The molecule has 0 N–H and O–H groups in total. The molecule has 5 aromatic carbocycles. The van der Waals surface area contributed by atoms with Gasteiger partial charge in [0.25, 0.3) is 0 Å². The average molecular weight is 559 g/mol. The molecule has 3 heteroatoms. The summed E-state index contributed by atoms with van der Waals surface area (Å²) >= 11 is -4.20. The third-order valence-corrected chi connectivity index (χ3v) is 18.1. The van der Waals surface area contributed by atoms with E-state index in [0.29, 0.717) is 0 Å². The molecule has 0 unspecified atom stereocenters. The normalized spacial score (nSPS) is 12.6. The predicted octanol–water partition coefficient (Wildman–Crippen LogP) is 5.01. The summed E-state index contributed by atoms with van der Waals surface area (Å²) in [4.78, 5) is 14.3. The molecule has 1 aliphatic rings. The van der Waals surface area contributed by atoms with Crippen molar-refractivity contribution in [2.24, 2.45) is 0 Å². The van der Waals surface area contributed by atoms with Gasteiger partial charge in [0.2, 0.25) is 0 Å². The van der Waals surface area contributed by atoms with Gasteiger partial charge in [-0.1, -0.05) is 0 Å². The van der Waals surface area contributed by atoms with E-state index in [1.807, 2.05) is 78.9 Å². The van der Waals surface area contributed by atoms with Crippen LogP contribution in [0.3, 0.4) is 0 Å². The van der Waals surface area contributed by atoms with E-state index >= 15 is 0 Å². The van der Waals surface area contributed by atoms with Crippen LogP contribution in [0, 0.1) is 0 Å². The molecule has 35 heavy (non-hydrogen) atoms. The van der Waals surface area contributed by atoms with Gasteiger partial charge in [-0.2, -0.15) is 0 Å². The first kappa shape index (κ1) is 21.9. The molecule has 6 rings (SSSR count). The van der Waals surface area contributed by atoms with Gasteiger partial charge in [-0.05, 0) is 0 Å². The monoisotopic (exact) mass is 560 g/mol. The van der Waals surface area contributed by atoms with Gasteiger partial charge in [-0.3, -0.25) is 0 Å². The zero-order valence-corrected chi connectivity index (χ0v) is 22.0. The quantitative estimate of drug-likeness (QED) is 0.283. The minimum atomic E-state index is -4.20. The zero-order valence-electron chi connectivity index (χ0n) is 19.2. The van der Waals surface area contributed by atoms with Crippen molar-refractivity contribution in [3.63, 3.8) is 0 Å². The van der Waals surface area contributed by atoms with Crippen molar-refractivity contribution in [1.29, 1.82) is 0 Å². The van der Waals surface area contributed by atoms with E-state index in [1.54, 1.807) is 0 Å². The van der Waals surface area contributed by atoms with Gasteiger partial charge in [-0.15, -0.1) is 0 Å². The number of fused-ring (bicyclic) bond motifs is 3. The summed E-state index contributed by atoms with van der Waals surface area (Å²) < 4.78 is 10.3. The Bertz CT molecular complexity index is 1340. The number of carbonyl (C=O) groups is 1. The van der Waals surface area contributed by atoms with Crippen molar-refractivity contribution >= 4 is 35.5 Å². The summed E-state index contributed by atoms with van der Waals surface area (Å²) in [6.07, 6.45) is 0. The van der Waals surface area contributed by atoms with Crippen LogP contribution in [0.4, 0.5) is 0 Å². The maximum absolute atomic E-state index is 14.3. The molecule has 5 aromatic rings. The number of hydrogen-bond acceptors (Lipinski definition) is 2. The summed E-state index contributed by atoms with van der Waals surface area (Å²) in [6, 6.07) is 47.5. The molecular weight excluding hydrogens is 535 g/mol. The van der Waals surface area contributed by atoms with Crippen LogP contribution < -0.4 is 10.7 Å². The van der Waals surface area contributed by atoms with E-state index in [1.165, 1.54) is 0 Å². The molecule has 0 saturated carbocycles. The van der Waals surface area contributed by atoms with Crippen LogP contribution in [0.25, 0.3) is 11.1 Å². The van der Waals surface area contributed by atoms with Gasteiger partial charge in [0.05, 0.1) is 0 Å². The molecule has 0 amide bonds. The van der Waals surface area contributed by atoms with Crippen LogP contribution in [0.5, 0.6) is 0 Å². The summed E-state index contributed by atoms with van der Waals surface area (Å²) in [5.41, 5.74) is 4.27. The standard InChI is InChI=1S/C14H10O2.3C6H5.Sn/c15-14(16)13-11-7-3-1-5-9(11)10-6-2-4-8-12(10)13;3*1-2-4-6-5-3-1;/h1-8,13H,(H,15,16);3*1-5H;/q;;;;+1/p-1. The number of rotatable bonds is 5. The minimum absolute atomic E-state index is 0.172. The first-order valence-electron chi connectivity index (χ1n) is 11.9. The number of benzene rings is 5. The molecule has 0 heterocycles. The molecule has 2 nitrogen and oxygen atoms in total. The fourth-order valence-electron chi connectivity index (χ4n) is 5.31. The molecule has 0 atom stereocenters. The van der Waals surface area contributed by atoms with Crippen LogP contribution in [-0.4, -0.2) is 24.8 Å². The van der Waals surface area contributed by atoms with Crippen LogP contribution in [0.2, 0.25) is 0 Å². The maximum atomic E-state index is 14.3. The van der Waals surface area contributed by atoms with Crippen LogP contribution in [-0.2, 0) is 7.87 Å². The summed E-state index contributed by atoms with van der Waals surface area (Å²) in [7, 11) is 0. The van der Waals surface area contributed by atoms with Gasteiger partial charge < -0.3 is 0 Å². The SMILES string of the molecule is O=C([O][Sn]([c]1ccccc1)([c]1ccccc1)[c]1ccccc1)C1c2ccccc2-c2ccccc21. The van der Waals surface area contributed by atoms with E-state index in [9.17, 15) is 4.79 Å². The van der Waals surface area contributed by atoms with Crippen molar-refractivity contribution in [3.05, 3.63) is 151 Å². The van der Waals surface area contributed by atoms with Crippen molar-refractivity contribution in [3.8, 4) is 11.1 Å². The van der Waals surface area contributed by atoms with E-state index < -0.39 is 24.7 Å². The first-order valence-corrected chi connectivity index (χ1v) is 17.3. The second-order valence-electron chi connectivity index (χ2n) is 8.81. The van der Waals surface area contributed by atoms with Gasteiger partial charge in [0, 0.05) is 0 Å². The molecular formula is C32H24O2Sn. The molecule has 0 fully saturated rings. The number of carbonyl (C=O) groups excluding carboxylic acids is 1. The third-order valence-electron chi connectivity index (χ3n) is 6.86. The fourth-order valence-corrected chi connectivity index (χ4v) is 16.0. The molecule has 1 aliphatic carbocycles. The van der Waals surface area contributed by atoms with E-state index in [-0.39, 0.29) is 5.97 Å². The Morgan fingerprint density at radius 2 is 0.829 bits per heavy atom. The summed E-state index contributed by atoms with van der Waals surface area (Å²) in [6.45, 7) is 0. The van der Waals surface area contributed by atoms with Gasteiger partial charge in [0.1, 0.15) is 0 Å². The van der Waals surface area contributed by atoms with E-state index in [2.05, 4.69) is 60.7 Å². The van der Waals surface area contributed by atoms with Crippen LogP contribution >= 0.6 is 0 Å². The predicted molar refractivity (Wildman–Crippen MR) is 144 cm³/mol. The van der Waals surface area contributed by atoms with Crippen molar-refractivity contribution in [2.75, 3.05) is 0 Å². The summed E-state index contributed by atoms with van der Waals surface area (Å²) in [5.74, 6) is -0.607. The van der Waals surface area contributed by atoms with Gasteiger partial charge in [0.15, 0.2) is 0 Å². The van der Waals surface area contributed by atoms with Crippen molar-refractivity contribution in [1.82, 2.24) is 0 Å². The molecule has 0 bridgehead atoms. The van der Waals surface area contributed by atoms with Crippen LogP contribution in [0.1, 0.15) is 17.0 Å². The Labute approximate surface area is 210 Å². The Morgan fingerprint density at radius 1 is 0.486 bits per heavy atom. The van der Waals surface area contributed by atoms with Crippen LogP contribution in [0.15, 0.2) is 140 Å². The third kappa shape index (κ3) is 3.69. The average Bonchev–Trinajstić information content (AvgIpc) is 3.28. The van der Waals surface area contributed by atoms with Gasteiger partial charge in [-0.25, -0.2) is 0 Å². The molecule has 0 radical (unpaired) electrons. The molecule has 0 aliphatic heterocycles. The second-order valence-corrected chi connectivity index (χ2v) is 18.2. The topological polar surface area (TPSA) is 26.3 Å². The van der Waals surface area contributed by atoms with E-state index in [0.717, 1.165) is 33.0 Å². The Morgan fingerprint density at radius 3 is 1.23 bits per heavy atom. The summed E-state index contributed by atoms with van der Waals surface area (Å²) in [5, 5.41) is 0. The van der Waals surface area contributed by atoms with Crippen molar-refractivity contribution in [2.45, 2.75) is 5.92 Å². The fraction of sp³-hybridized carbons (Fsp3) is 0.0312. The zero-order chi connectivity index (χ0) is 23.7. The second kappa shape index (κ2) is 9.20. The molecule has 168 valence electrons. The molecule has 0 spiro atoms. The van der Waals surface area contributed by atoms with Gasteiger partial charge >= 0.3 is 211 Å². The Balaban J connectivity index is 1.55.